The van der Waals surface area contributed by atoms with E-state index in [1.54, 1.807) is 18.2 Å². The number of carbonyl (C=O) groups excluding carboxylic acids is 1. The zero-order valence-corrected chi connectivity index (χ0v) is 10.4. The van der Waals surface area contributed by atoms with Crippen LogP contribution in [0.2, 0.25) is 5.15 Å². The molecule has 2 rings (SSSR count). The second-order valence-corrected chi connectivity index (χ2v) is 4.12. The summed E-state index contributed by atoms with van der Waals surface area (Å²) in [5.41, 5.74) is 7.66. The van der Waals surface area contributed by atoms with E-state index in [0.717, 1.165) is 5.56 Å². The van der Waals surface area contributed by atoms with Crippen LogP contribution in [0.3, 0.4) is 0 Å². The highest BCUT2D eigenvalue weighted by Crippen LogP contribution is 2.16. The number of carbonyl (C=O) groups is 1. The first kappa shape index (κ1) is 12.3. The van der Waals surface area contributed by atoms with Crippen molar-refractivity contribution in [3.8, 4) is 0 Å². The number of rotatable bonds is 2. The number of halogens is 1. The first-order chi connectivity index (χ1) is 8.56. The van der Waals surface area contributed by atoms with Crippen LogP contribution in [0.15, 0.2) is 30.6 Å². The van der Waals surface area contributed by atoms with Crippen LogP contribution in [-0.2, 0) is 0 Å². The van der Waals surface area contributed by atoms with Crippen LogP contribution >= 0.6 is 11.6 Å². The van der Waals surface area contributed by atoms with Crippen molar-refractivity contribution >= 4 is 28.9 Å². The predicted molar refractivity (Wildman–Crippen MR) is 70.6 cm³/mol. The molecular formula is C12H11ClN4O. The van der Waals surface area contributed by atoms with Gasteiger partial charge in [-0.2, -0.15) is 0 Å². The summed E-state index contributed by atoms with van der Waals surface area (Å²) in [5, 5.41) is 3.10. The van der Waals surface area contributed by atoms with Gasteiger partial charge in [0.15, 0.2) is 0 Å². The molecule has 0 aliphatic heterocycles. The second-order valence-electron chi connectivity index (χ2n) is 3.76. The minimum absolute atomic E-state index is 0.289. The van der Waals surface area contributed by atoms with Crippen molar-refractivity contribution in [3.05, 3.63) is 47.0 Å². The van der Waals surface area contributed by atoms with Gasteiger partial charge in [0.25, 0.3) is 5.91 Å². The number of nitrogen functional groups attached to an aromatic ring is 1. The third kappa shape index (κ3) is 2.75. The molecule has 0 fully saturated rings. The quantitative estimate of drug-likeness (QED) is 0.814. The Bertz CT molecular complexity index is 583. The zero-order valence-electron chi connectivity index (χ0n) is 9.64. The Kier molecular flexibility index (Phi) is 3.43. The van der Waals surface area contributed by atoms with Gasteiger partial charge in [0.2, 0.25) is 0 Å². The van der Waals surface area contributed by atoms with E-state index in [-0.39, 0.29) is 11.6 Å². The number of nitrogens with two attached hydrogens (primary N) is 1. The van der Waals surface area contributed by atoms with Crippen LogP contribution < -0.4 is 11.1 Å². The van der Waals surface area contributed by atoms with E-state index in [1.807, 2.05) is 6.92 Å². The maximum atomic E-state index is 11.8. The molecule has 2 heterocycles. The summed E-state index contributed by atoms with van der Waals surface area (Å²) < 4.78 is 0. The first-order valence-electron chi connectivity index (χ1n) is 5.21. The third-order valence-electron chi connectivity index (χ3n) is 2.29. The van der Waals surface area contributed by atoms with Crippen LogP contribution in [-0.4, -0.2) is 15.9 Å². The summed E-state index contributed by atoms with van der Waals surface area (Å²) in [6, 6.07) is 4.92. The van der Waals surface area contributed by atoms with E-state index in [0.29, 0.717) is 16.5 Å². The van der Waals surface area contributed by atoms with Crippen molar-refractivity contribution < 1.29 is 4.79 Å². The van der Waals surface area contributed by atoms with Gasteiger partial charge in [-0.1, -0.05) is 11.6 Å². The molecule has 2 aromatic heterocycles. The summed E-state index contributed by atoms with van der Waals surface area (Å²) in [7, 11) is 0. The number of hydrogen-bond donors (Lipinski definition) is 2. The fourth-order valence-electron chi connectivity index (χ4n) is 1.36. The molecule has 0 unspecified atom stereocenters. The molecule has 0 bridgehead atoms. The lowest BCUT2D eigenvalue weighted by atomic mass is 10.2. The van der Waals surface area contributed by atoms with Crippen LogP contribution in [0.1, 0.15) is 16.1 Å². The summed E-state index contributed by atoms with van der Waals surface area (Å²) in [6.45, 7) is 1.81. The van der Waals surface area contributed by atoms with Gasteiger partial charge < -0.3 is 11.1 Å². The molecule has 3 N–H and O–H groups in total. The summed E-state index contributed by atoms with van der Waals surface area (Å²) in [5.74, 6) is -0.321. The zero-order chi connectivity index (χ0) is 13.1. The molecule has 0 radical (unpaired) electrons. The molecule has 0 spiro atoms. The Morgan fingerprint density at radius 2 is 2.11 bits per heavy atom. The summed E-state index contributed by atoms with van der Waals surface area (Å²) in [6.07, 6.45) is 2.92. The Balaban J connectivity index is 2.16. The number of anilines is 2. The minimum Gasteiger partial charge on any atom is -0.397 e. The molecule has 2 aromatic rings. The number of nitrogens with zero attached hydrogens (tertiary/aromatic N) is 2. The lowest BCUT2D eigenvalue weighted by Crippen LogP contribution is -2.14. The molecule has 0 saturated heterocycles. The van der Waals surface area contributed by atoms with Crippen molar-refractivity contribution in [2.24, 2.45) is 0 Å². The number of hydrogen-bond acceptors (Lipinski definition) is 4. The van der Waals surface area contributed by atoms with Gasteiger partial charge in [-0.15, -0.1) is 0 Å². The number of pyridine rings is 2. The van der Waals surface area contributed by atoms with Crippen molar-refractivity contribution in [1.82, 2.24) is 9.97 Å². The fourth-order valence-corrected chi connectivity index (χ4v) is 1.46. The maximum absolute atomic E-state index is 11.8. The summed E-state index contributed by atoms with van der Waals surface area (Å²) in [4.78, 5) is 19.7. The van der Waals surface area contributed by atoms with E-state index >= 15 is 0 Å². The second kappa shape index (κ2) is 5.01. The molecule has 0 aliphatic rings. The van der Waals surface area contributed by atoms with Gasteiger partial charge in [0, 0.05) is 0 Å². The number of aryl methyl sites for hydroxylation is 1. The fraction of sp³-hybridized carbons (Fsp3) is 0.0833. The highest BCUT2D eigenvalue weighted by Gasteiger charge is 2.08. The lowest BCUT2D eigenvalue weighted by Gasteiger charge is -2.06. The Morgan fingerprint density at radius 1 is 1.33 bits per heavy atom. The van der Waals surface area contributed by atoms with E-state index in [4.69, 9.17) is 17.3 Å². The molecule has 0 aliphatic carbocycles. The number of amides is 1. The van der Waals surface area contributed by atoms with E-state index in [2.05, 4.69) is 15.3 Å². The van der Waals surface area contributed by atoms with Gasteiger partial charge in [-0.3, -0.25) is 4.79 Å². The average Bonchev–Trinajstić information content (AvgIpc) is 2.34. The standard InChI is InChI=1S/C12H11ClN4O/c1-7-4-9(6-16-11(7)13)17-12(18)10-3-2-8(14)5-15-10/h2-6H,14H2,1H3,(H,17,18). The molecular weight excluding hydrogens is 252 g/mol. The molecule has 1 amide bonds. The molecule has 18 heavy (non-hydrogen) atoms. The van der Waals surface area contributed by atoms with Gasteiger partial charge in [0.05, 0.1) is 23.8 Å². The highest BCUT2D eigenvalue weighted by molar-refractivity contribution is 6.30. The first-order valence-corrected chi connectivity index (χ1v) is 5.59. The van der Waals surface area contributed by atoms with Crippen molar-refractivity contribution in [2.75, 3.05) is 11.1 Å². The monoisotopic (exact) mass is 262 g/mol. The molecule has 92 valence electrons. The average molecular weight is 263 g/mol. The van der Waals surface area contributed by atoms with Gasteiger partial charge >= 0.3 is 0 Å². The number of nitrogens with one attached hydrogen (secondary N) is 1. The van der Waals surface area contributed by atoms with Crippen LogP contribution in [0.5, 0.6) is 0 Å². The molecule has 5 nitrogen and oxygen atoms in total. The van der Waals surface area contributed by atoms with Crippen LogP contribution in [0.25, 0.3) is 0 Å². The van der Waals surface area contributed by atoms with Crippen LogP contribution in [0, 0.1) is 6.92 Å². The molecule has 0 aromatic carbocycles. The lowest BCUT2D eigenvalue weighted by molar-refractivity contribution is 0.102. The summed E-state index contributed by atoms with van der Waals surface area (Å²) >= 11 is 5.80. The van der Waals surface area contributed by atoms with Crippen LogP contribution in [0.4, 0.5) is 11.4 Å². The largest absolute Gasteiger partial charge is 0.397 e. The van der Waals surface area contributed by atoms with E-state index in [9.17, 15) is 4.79 Å². The Morgan fingerprint density at radius 3 is 2.72 bits per heavy atom. The minimum atomic E-state index is -0.321. The highest BCUT2D eigenvalue weighted by atomic mass is 35.5. The molecule has 0 saturated carbocycles. The predicted octanol–water partition coefficient (Wildman–Crippen LogP) is 2.27. The van der Waals surface area contributed by atoms with E-state index in [1.165, 1.54) is 12.4 Å². The van der Waals surface area contributed by atoms with Crippen molar-refractivity contribution in [2.45, 2.75) is 6.92 Å². The third-order valence-corrected chi connectivity index (χ3v) is 2.69. The molecule has 6 heteroatoms. The Hall–Kier alpha value is -2.14. The Labute approximate surface area is 109 Å². The van der Waals surface area contributed by atoms with Gasteiger partial charge in [0.1, 0.15) is 10.8 Å². The van der Waals surface area contributed by atoms with Gasteiger partial charge in [-0.05, 0) is 30.7 Å². The maximum Gasteiger partial charge on any atom is 0.274 e. The van der Waals surface area contributed by atoms with Crippen molar-refractivity contribution in [3.63, 3.8) is 0 Å². The number of aromatic nitrogens is 2. The smallest absolute Gasteiger partial charge is 0.274 e. The molecule has 0 atom stereocenters. The SMILES string of the molecule is Cc1cc(NC(=O)c2ccc(N)cn2)cnc1Cl. The topological polar surface area (TPSA) is 80.9 Å². The van der Waals surface area contributed by atoms with Gasteiger partial charge in [-0.25, -0.2) is 9.97 Å². The normalized spacial score (nSPS) is 10.1. The van der Waals surface area contributed by atoms with Crippen molar-refractivity contribution in [1.29, 1.82) is 0 Å². The van der Waals surface area contributed by atoms with E-state index < -0.39 is 0 Å².